The van der Waals surface area contributed by atoms with Crippen LogP contribution < -0.4 is 0 Å². The minimum atomic E-state index is -1.04. The van der Waals surface area contributed by atoms with Crippen molar-refractivity contribution >= 4 is 63.8 Å². The summed E-state index contributed by atoms with van der Waals surface area (Å²) in [7, 11) is 0. The summed E-state index contributed by atoms with van der Waals surface area (Å²) in [5, 5.41) is 10.5. The lowest BCUT2D eigenvalue weighted by atomic mass is 10.2. The molecule has 1 aliphatic rings. The summed E-state index contributed by atoms with van der Waals surface area (Å²) in [6, 6.07) is 11.2. The van der Waals surface area contributed by atoms with Gasteiger partial charge in [0.1, 0.15) is 0 Å². The Balaban J connectivity index is 1.98. The van der Waals surface area contributed by atoms with Gasteiger partial charge in [0.05, 0.1) is 16.2 Å². The number of benzene rings is 2. The average molecular weight is 433 g/mol. The van der Waals surface area contributed by atoms with Crippen LogP contribution in [0.1, 0.15) is 15.9 Å². The van der Waals surface area contributed by atoms with E-state index >= 15 is 0 Å². The third kappa shape index (κ3) is 4.47. The lowest BCUT2D eigenvalue weighted by Gasteiger charge is -2.12. The molecule has 2 aromatic carbocycles. The largest absolute Gasteiger partial charge is 0.478 e. The predicted molar refractivity (Wildman–Crippen MR) is 114 cm³/mol. The summed E-state index contributed by atoms with van der Waals surface area (Å²) in [6.07, 6.45) is 3.28. The highest BCUT2D eigenvalue weighted by Crippen LogP contribution is 2.35. The summed E-state index contributed by atoms with van der Waals surface area (Å²) in [5.74, 6) is -1.28. The van der Waals surface area contributed by atoms with Gasteiger partial charge in [-0.3, -0.25) is 9.69 Å². The van der Waals surface area contributed by atoms with Crippen molar-refractivity contribution in [2.24, 2.45) is 4.99 Å². The molecule has 0 atom stereocenters. The molecule has 0 bridgehead atoms. The van der Waals surface area contributed by atoms with Crippen LogP contribution in [0.15, 0.2) is 65.0 Å². The van der Waals surface area contributed by atoms with Crippen LogP contribution in [0, 0.1) is 0 Å². The second-order valence-electron chi connectivity index (χ2n) is 5.73. The summed E-state index contributed by atoms with van der Waals surface area (Å²) >= 11 is 13.3. The number of carboxylic acid groups (broad SMARTS) is 1. The van der Waals surface area contributed by atoms with Crippen LogP contribution in [0.4, 0.5) is 5.69 Å². The molecular formula is C20H14Cl2N2O3S. The molecule has 28 heavy (non-hydrogen) atoms. The maximum absolute atomic E-state index is 12.8. The molecule has 0 spiro atoms. The molecule has 1 saturated heterocycles. The van der Waals surface area contributed by atoms with Crippen molar-refractivity contribution in [2.75, 3.05) is 6.54 Å². The van der Waals surface area contributed by atoms with E-state index in [1.165, 1.54) is 28.8 Å². The number of nitrogens with zero attached hydrogens (tertiary/aromatic N) is 2. The van der Waals surface area contributed by atoms with Crippen LogP contribution >= 0.6 is 35.0 Å². The number of carbonyl (C=O) groups excluding carboxylic acids is 1. The normalized spacial score (nSPS) is 16.8. The fourth-order valence-electron chi connectivity index (χ4n) is 2.46. The highest BCUT2D eigenvalue weighted by atomic mass is 35.5. The predicted octanol–water partition coefficient (Wildman–Crippen LogP) is 5.48. The Labute approximate surface area is 176 Å². The molecule has 1 fully saturated rings. The van der Waals surface area contributed by atoms with E-state index in [4.69, 9.17) is 28.3 Å². The van der Waals surface area contributed by atoms with E-state index in [-0.39, 0.29) is 18.0 Å². The maximum atomic E-state index is 12.8. The van der Waals surface area contributed by atoms with Crippen molar-refractivity contribution < 1.29 is 14.7 Å². The van der Waals surface area contributed by atoms with Crippen LogP contribution in [0.25, 0.3) is 6.08 Å². The second-order valence-corrected chi connectivity index (χ2v) is 7.58. The first-order valence-corrected chi connectivity index (χ1v) is 9.65. The average Bonchev–Trinajstić information content (AvgIpc) is 2.93. The molecule has 0 saturated carbocycles. The monoisotopic (exact) mass is 432 g/mol. The van der Waals surface area contributed by atoms with Gasteiger partial charge in [-0.15, -0.1) is 6.58 Å². The number of amidine groups is 1. The number of hydrogen-bond acceptors (Lipinski definition) is 4. The Kier molecular flexibility index (Phi) is 6.24. The Bertz CT molecular complexity index is 1030. The van der Waals surface area contributed by atoms with Crippen LogP contribution in [0.5, 0.6) is 0 Å². The van der Waals surface area contributed by atoms with E-state index < -0.39 is 5.97 Å². The first kappa shape index (κ1) is 20.2. The van der Waals surface area contributed by atoms with Crippen LogP contribution in [0.3, 0.4) is 0 Å². The number of carbonyl (C=O) groups is 2. The molecule has 0 radical (unpaired) electrons. The van der Waals surface area contributed by atoms with E-state index in [0.29, 0.717) is 31.4 Å². The number of amides is 1. The molecule has 2 aromatic rings. The maximum Gasteiger partial charge on any atom is 0.335 e. The Hall–Kier alpha value is -2.54. The number of thioether (sulfide) groups is 1. The fourth-order valence-corrected chi connectivity index (χ4v) is 3.92. The van der Waals surface area contributed by atoms with Crippen molar-refractivity contribution in [1.29, 1.82) is 0 Å². The number of halogens is 2. The molecule has 1 N–H and O–H groups in total. The number of aromatic carboxylic acids is 1. The molecule has 3 rings (SSSR count). The van der Waals surface area contributed by atoms with Crippen molar-refractivity contribution in [3.8, 4) is 0 Å². The first-order valence-electron chi connectivity index (χ1n) is 8.08. The van der Waals surface area contributed by atoms with Gasteiger partial charge in [0.2, 0.25) is 0 Å². The smallest absolute Gasteiger partial charge is 0.335 e. The topological polar surface area (TPSA) is 70.0 Å². The third-order valence-corrected chi connectivity index (χ3v) is 5.34. The zero-order valence-electron chi connectivity index (χ0n) is 14.4. The number of aliphatic imine (C=N–C) groups is 1. The summed E-state index contributed by atoms with van der Waals surface area (Å²) in [6.45, 7) is 3.95. The van der Waals surface area contributed by atoms with Gasteiger partial charge in [0.25, 0.3) is 5.91 Å². The molecule has 8 heteroatoms. The van der Waals surface area contributed by atoms with Crippen molar-refractivity contribution in [1.82, 2.24) is 4.90 Å². The molecule has 5 nitrogen and oxygen atoms in total. The van der Waals surface area contributed by atoms with Crippen molar-refractivity contribution in [3.05, 3.63) is 81.2 Å². The third-order valence-electron chi connectivity index (χ3n) is 3.77. The zero-order valence-corrected chi connectivity index (χ0v) is 16.8. The lowest BCUT2D eigenvalue weighted by molar-refractivity contribution is -0.121. The van der Waals surface area contributed by atoms with Gasteiger partial charge in [0, 0.05) is 16.6 Å². The standard InChI is InChI=1S/C20H14Cl2N2O3S/c1-2-8-24-18(25)17(10-12-6-7-14(21)11-16(12)22)28-20(24)23-15-5-3-4-13(9-15)19(26)27/h2-7,9-11H,1,8H2,(H,26,27)/b17-10-,23-20?. The number of carboxylic acids is 1. The quantitative estimate of drug-likeness (QED) is 0.501. The van der Waals surface area contributed by atoms with Gasteiger partial charge in [-0.2, -0.15) is 0 Å². The van der Waals surface area contributed by atoms with Gasteiger partial charge in [0.15, 0.2) is 5.17 Å². The van der Waals surface area contributed by atoms with Crippen LogP contribution in [-0.4, -0.2) is 33.6 Å². The van der Waals surface area contributed by atoms with E-state index in [1.54, 1.807) is 42.5 Å². The highest BCUT2D eigenvalue weighted by molar-refractivity contribution is 8.18. The van der Waals surface area contributed by atoms with E-state index in [0.717, 1.165) is 0 Å². The molecular weight excluding hydrogens is 419 g/mol. The summed E-state index contributed by atoms with van der Waals surface area (Å²) < 4.78 is 0. The first-order chi connectivity index (χ1) is 13.4. The molecule has 0 aliphatic carbocycles. The van der Waals surface area contributed by atoms with Crippen LogP contribution in [-0.2, 0) is 4.79 Å². The zero-order chi connectivity index (χ0) is 20.3. The molecule has 1 amide bonds. The molecule has 0 aromatic heterocycles. The molecule has 1 heterocycles. The summed E-state index contributed by atoms with van der Waals surface area (Å²) in [5.41, 5.74) is 1.22. The second kappa shape index (κ2) is 8.65. The van der Waals surface area contributed by atoms with Crippen molar-refractivity contribution in [2.45, 2.75) is 0 Å². The minimum Gasteiger partial charge on any atom is -0.478 e. The SMILES string of the molecule is C=CCN1C(=O)/C(=C/c2ccc(Cl)cc2Cl)SC1=Nc1cccc(C(=O)O)c1. The van der Waals surface area contributed by atoms with Gasteiger partial charge in [-0.25, -0.2) is 9.79 Å². The fraction of sp³-hybridized carbons (Fsp3) is 0.0500. The number of hydrogen-bond donors (Lipinski definition) is 1. The van der Waals surface area contributed by atoms with Gasteiger partial charge in [-0.05, 0) is 53.7 Å². The van der Waals surface area contributed by atoms with Crippen LogP contribution in [0.2, 0.25) is 10.0 Å². The lowest BCUT2D eigenvalue weighted by Crippen LogP contribution is -2.29. The molecule has 1 aliphatic heterocycles. The minimum absolute atomic E-state index is 0.121. The van der Waals surface area contributed by atoms with Gasteiger partial charge >= 0.3 is 5.97 Å². The van der Waals surface area contributed by atoms with E-state index in [1.807, 2.05) is 0 Å². The Morgan fingerprint density at radius 2 is 2.04 bits per heavy atom. The Morgan fingerprint density at radius 1 is 1.25 bits per heavy atom. The van der Waals surface area contributed by atoms with Crippen molar-refractivity contribution in [3.63, 3.8) is 0 Å². The summed E-state index contributed by atoms with van der Waals surface area (Å²) in [4.78, 5) is 30.3. The van der Waals surface area contributed by atoms with E-state index in [2.05, 4.69) is 11.6 Å². The number of rotatable bonds is 5. The molecule has 0 unspecified atom stereocenters. The molecule has 142 valence electrons. The Morgan fingerprint density at radius 3 is 2.71 bits per heavy atom. The van der Waals surface area contributed by atoms with Gasteiger partial charge in [-0.1, -0.05) is 41.4 Å². The van der Waals surface area contributed by atoms with E-state index in [9.17, 15) is 9.59 Å². The highest BCUT2D eigenvalue weighted by Gasteiger charge is 2.32. The van der Waals surface area contributed by atoms with Gasteiger partial charge < -0.3 is 5.11 Å².